The van der Waals surface area contributed by atoms with Crippen molar-refractivity contribution in [2.75, 3.05) is 21.6 Å². The molecule has 160 valence electrons. The fourth-order valence-electron chi connectivity index (χ4n) is 3.78. The Morgan fingerprint density at radius 3 is 2.65 bits per heavy atom. The van der Waals surface area contributed by atoms with Crippen molar-refractivity contribution in [2.45, 2.75) is 44.2 Å². The Hall–Kier alpha value is -3.13. The lowest BCUT2D eigenvalue weighted by atomic mass is 10.1. The summed E-state index contributed by atoms with van der Waals surface area (Å²) in [4.78, 5) is 31.5. The Bertz CT molecular complexity index is 1070. The molecule has 1 atom stereocenters. The number of likely N-dealkylation sites (N-methyl/N-ethyl adjacent to an activating group) is 1. The highest BCUT2D eigenvalue weighted by Gasteiger charge is 2.38. The summed E-state index contributed by atoms with van der Waals surface area (Å²) >= 11 is 1.51. The van der Waals surface area contributed by atoms with Gasteiger partial charge in [-0.2, -0.15) is 0 Å². The van der Waals surface area contributed by atoms with E-state index in [4.69, 9.17) is 4.98 Å². The molecule has 31 heavy (non-hydrogen) atoms. The standard InChI is InChI=1S/C23H26N6OS/c1-5-19-23(30)28(4)20-14-25-21(26-22(20)29(19)15(2)3)17-11-12-24-13-18(17)27-31-16-9-7-6-8-10-16/h6-15,19,27H,5H2,1-4H3/t19-/m1/s1. The van der Waals surface area contributed by atoms with Gasteiger partial charge in [0.2, 0.25) is 5.91 Å². The average molecular weight is 435 g/mol. The first-order valence-electron chi connectivity index (χ1n) is 10.4. The van der Waals surface area contributed by atoms with E-state index in [-0.39, 0.29) is 18.0 Å². The molecule has 3 aromatic rings. The summed E-state index contributed by atoms with van der Waals surface area (Å²) in [6.07, 6.45) is 5.97. The van der Waals surface area contributed by atoms with Crippen molar-refractivity contribution in [1.29, 1.82) is 0 Å². The fourth-order valence-corrected chi connectivity index (χ4v) is 4.46. The van der Waals surface area contributed by atoms with Crippen LogP contribution in [0.5, 0.6) is 0 Å². The van der Waals surface area contributed by atoms with E-state index in [0.29, 0.717) is 5.82 Å². The molecule has 0 unspecified atom stereocenters. The van der Waals surface area contributed by atoms with Gasteiger partial charge in [-0.15, -0.1) is 0 Å². The van der Waals surface area contributed by atoms with E-state index in [0.717, 1.165) is 34.1 Å². The molecule has 2 aromatic heterocycles. The predicted molar refractivity (Wildman–Crippen MR) is 126 cm³/mol. The van der Waals surface area contributed by atoms with Crippen LogP contribution in [-0.4, -0.2) is 40.0 Å². The number of pyridine rings is 1. The van der Waals surface area contributed by atoms with Crippen LogP contribution in [0, 0.1) is 0 Å². The van der Waals surface area contributed by atoms with Crippen LogP contribution in [-0.2, 0) is 4.79 Å². The number of nitrogens with zero attached hydrogens (tertiary/aromatic N) is 5. The molecule has 4 rings (SSSR count). The van der Waals surface area contributed by atoms with Crippen LogP contribution < -0.4 is 14.5 Å². The Morgan fingerprint density at radius 1 is 1.16 bits per heavy atom. The number of carbonyl (C=O) groups is 1. The smallest absolute Gasteiger partial charge is 0.249 e. The fraction of sp³-hybridized carbons (Fsp3) is 0.304. The van der Waals surface area contributed by atoms with E-state index in [2.05, 4.69) is 33.4 Å². The molecule has 0 saturated heterocycles. The molecule has 0 spiro atoms. The summed E-state index contributed by atoms with van der Waals surface area (Å²) in [5.74, 6) is 1.46. The number of nitrogens with one attached hydrogen (secondary N) is 1. The SMILES string of the molecule is CC[C@@H]1C(=O)N(C)c2cnc(-c3ccncc3NSc3ccccc3)nc2N1C(C)C. The molecule has 1 aliphatic heterocycles. The van der Waals surface area contributed by atoms with Crippen molar-refractivity contribution in [3.05, 3.63) is 55.0 Å². The molecule has 0 aliphatic carbocycles. The molecule has 0 bridgehead atoms. The minimum Gasteiger partial charge on any atom is -0.340 e. The molecule has 0 radical (unpaired) electrons. The molecule has 3 heterocycles. The summed E-state index contributed by atoms with van der Waals surface area (Å²) in [7, 11) is 1.79. The zero-order chi connectivity index (χ0) is 22.0. The van der Waals surface area contributed by atoms with Crippen LogP contribution in [0.1, 0.15) is 27.2 Å². The molecule has 0 fully saturated rings. The van der Waals surface area contributed by atoms with Crippen molar-refractivity contribution >= 4 is 35.0 Å². The van der Waals surface area contributed by atoms with Gasteiger partial charge in [0.15, 0.2) is 11.6 Å². The van der Waals surface area contributed by atoms with Crippen LogP contribution in [0.2, 0.25) is 0 Å². The monoisotopic (exact) mass is 434 g/mol. The highest BCUT2D eigenvalue weighted by atomic mass is 32.2. The minimum atomic E-state index is -0.232. The molecular weight excluding hydrogens is 408 g/mol. The second kappa shape index (κ2) is 8.93. The number of hydrogen-bond acceptors (Lipinski definition) is 7. The predicted octanol–water partition coefficient (Wildman–Crippen LogP) is 4.63. The summed E-state index contributed by atoms with van der Waals surface area (Å²) in [6.45, 7) is 6.20. The Labute approximate surface area is 187 Å². The first-order valence-corrected chi connectivity index (χ1v) is 11.2. The van der Waals surface area contributed by atoms with E-state index in [1.165, 1.54) is 11.9 Å². The minimum absolute atomic E-state index is 0.0746. The number of fused-ring (bicyclic) bond motifs is 1. The van der Waals surface area contributed by atoms with Gasteiger partial charge in [-0.3, -0.25) is 9.78 Å². The second-order valence-corrected chi connectivity index (χ2v) is 8.54. The van der Waals surface area contributed by atoms with E-state index < -0.39 is 0 Å². The lowest BCUT2D eigenvalue weighted by Crippen LogP contribution is -2.54. The number of aromatic nitrogens is 3. The van der Waals surface area contributed by atoms with E-state index >= 15 is 0 Å². The molecule has 8 heteroatoms. The summed E-state index contributed by atoms with van der Waals surface area (Å²) in [6, 6.07) is 11.9. The summed E-state index contributed by atoms with van der Waals surface area (Å²) in [5.41, 5.74) is 2.42. The number of benzene rings is 1. The average Bonchev–Trinajstić information content (AvgIpc) is 2.80. The van der Waals surface area contributed by atoms with Crippen molar-refractivity contribution in [1.82, 2.24) is 15.0 Å². The maximum Gasteiger partial charge on any atom is 0.249 e. The van der Waals surface area contributed by atoms with Crippen molar-refractivity contribution < 1.29 is 4.79 Å². The van der Waals surface area contributed by atoms with Gasteiger partial charge in [-0.1, -0.05) is 25.1 Å². The quantitative estimate of drug-likeness (QED) is 0.567. The highest BCUT2D eigenvalue weighted by Crippen LogP contribution is 2.38. The third-order valence-corrected chi connectivity index (χ3v) is 6.16. The zero-order valence-electron chi connectivity index (χ0n) is 18.1. The molecule has 7 nitrogen and oxygen atoms in total. The van der Waals surface area contributed by atoms with E-state index in [1.54, 1.807) is 30.5 Å². The van der Waals surface area contributed by atoms with Gasteiger partial charge >= 0.3 is 0 Å². The van der Waals surface area contributed by atoms with Crippen LogP contribution in [0.3, 0.4) is 0 Å². The van der Waals surface area contributed by atoms with Gasteiger partial charge in [0.05, 0.1) is 18.1 Å². The van der Waals surface area contributed by atoms with Crippen molar-refractivity contribution in [3.63, 3.8) is 0 Å². The number of anilines is 3. The van der Waals surface area contributed by atoms with Gasteiger partial charge < -0.3 is 14.5 Å². The van der Waals surface area contributed by atoms with E-state index in [9.17, 15) is 4.79 Å². The third-order valence-electron chi connectivity index (χ3n) is 5.33. The highest BCUT2D eigenvalue weighted by molar-refractivity contribution is 8.00. The molecule has 0 saturated carbocycles. The summed E-state index contributed by atoms with van der Waals surface area (Å²) < 4.78 is 3.37. The number of carbonyl (C=O) groups excluding carboxylic acids is 1. The maximum atomic E-state index is 12.9. The van der Waals surface area contributed by atoms with Gasteiger partial charge in [0, 0.05) is 29.7 Å². The number of rotatable bonds is 6. The largest absolute Gasteiger partial charge is 0.340 e. The lowest BCUT2D eigenvalue weighted by molar-refractivity contribution is -0.120. The number of amides is 1. The van der Waals surface area contributed by atoms with Gasteiger partial charge in [-0.25, -0.2) is 9.97 Å². The second-order valence-electron chi connectivity index (χ2n) is 7.66. The molecule has 1 N–H and O–H groups in total. The Balaban J connectivity index is 1.73. The molecule has 1 aromatic carbocycles. The van der Waals surface area contributed by atoms with Crippen LogP contribution >= 0.6 is 11.9 Å². The Kier molecular flexibility index (Phi) is 6.08. The van der Waals surface area contributed by atoms with Crippen molar-refractivity contribution in [3.8, 4) is 11.4 Å². The Morgan fingerprint density at radius 2 is 1.94 bits per heavy atom. The normalized spacial score (nSPS) is 15.9. The van der Waals surface area contributed by atoms with E-state index in [1.807, 2.05) is 43.3 Å². The molecule has 1 aliphatic rings. The number of hydrogen-bond donors (Lipinski definition) is 1. The summed E-state index contributed by atoms with van der Waals surface area (Å²) in [5, 5.41) is 0. The van der Waals surface area contributed by atoms with Crippen LogP contribution in [0.15, 0.2) is 59.9 Å². The van der Waals surface area contributed by atoms with Gasteiger partial charge in [0.1, 0.15) is 11.7 Å². The first-order chi connectivity index (χ1) is 15.0. The first kappa shape index (κ1) is 21.1. The van der Waals surface area contributed by atoms with Crippen LogP contribution in [0.4, 0.5) is 17.2 Å². The van der Waals surface area contributed by atoms with Gasteiger partial charge in [-0.05, 0) is 50.4 Å². The topological polar surface area (TPSA) is 74.2 Å². The van der Waals surface area contributed by atoms with Gasteiger partial charge in [0.25, 0.3) is 0 Å². The van der Waals surface area contributed by atoms with Crippen LogP contribution in [0.25, 0.3) is 11.4 Å². The van der Waals surface area contributed by atoms with Crippen molar-refractivity contribution in [2.24, 2.45) is 0 Å². The molecular formula is C23H26N6OS. The molecule has 1 amide bonds. The zero-order valence-corrected chi connectivity index (χ0v) is 18.9. The maximum absolute atomic E-state index is 12.9. The third kappa shape index (κ3) is 4.07. The lowest BCUT2D eigenvalue weighted by Gasteiger charge is -2.42.